The zero-order valence-corrected chi connectivity index (χ0v) is 15.6. The molecule has 1 fully saturated rings. The van der Waals surface area contributed by atoms with Crippen molar-refractivity contribution in [2.75, 3.05) is 32.7 Å². The topological polar surface area (TPSA) is 39.7 Å². The molecule has 25 heavy (non-hydrogen) atoms. The van der Waals surface area contributed by atoms with E-state index in [0.29, 0.717) is 12.1 Å². The van der Waals surface area contributed by atoms with Crippen LogP contribution in [-0.2, 0) is 6.54 Å². The molecule has 1 aromatic carbocycles. The zero-order valence-electron chi connectivity index (χ0n) is 15.6. The van der Waals surface area contributed by atoms with Crippen molar-refractivity contribution in [2.45, 2.75) is 52.0 Å². The minimum Gasteiger partial charge on any atom is -0.357 e. The first-order chi connectivity index (χ1) is 12.3. The lowest BCUT2D eigenvalue weighted by atomic mass is 10.1. The minimum atomic E-state index is -0.195. The molecule has 0 aromatic heterocycles. The molecule has 0 bridgehead atoms. The number of rotatable bonds is 9. The molecule has 0 unspecified atom stereocenters. The van der Waals surface area contributed by atoms with Gasteiger partial charge in [-0.2, -0.15) is 0 Å². The Balaban J connectivity index is 1.63. The SMILES string of the molecule is CCNC(=NCc1ccccc1F)NCCCCCN1CCCCC1. The van der Waals surface area contributed by atoms with Crippen LogP contribution in [0.25, 0.3) is 0 Å². The van der Waals surface area contributed by atoms with Gasteiger partial charge in [-0.05, 0) is 58.3 Å². The van der Waals surface area contributed by atoms with Crippen molar-refractivity contribution in [3.05, 3.63) is 35.6 Å². The highest BCUT2D eigenvalue weighted by Gasteiger charge is 2.08. The predicted octanol–water partition coefficient (Wildman–Crippen LogP) is 3.54. The average Bonchev–Trinajstić information content (AvgIpc) is 2.64. The van der Waals surface area contributed by atoms with Gasteiger partial charge < -0.3 is 15.5 Å². The number of nitrogens with one attached hydrogen (secondary N) is 2. The van der Waals surface area contributed by atoms with Crippen LogP contribution >= 0.6 is 0 Å². The maximum Gasteiger partial charge on any atom is 0.191 e. The second-order valence-corrected chi connectivity index (χ2v) is 6.68. The molecule has 5 heteroatoms. The smallest absolute Gasteiger partial charge is 0.191 e. The summed E-state index contributed by atoms with van der Waals surface area (Å²) in [5, 5.41) is 6.57. The fourth-order valence-corrected chi connectivity index (χ4v) is 3.16. The van der Waals surface area contributed by atoms with Crippen LogP contribution in [0.5, 0.6) is 0 Å². The first kappa shape index (κ1) is 19.7. The van der Waals surface area contributed by atoms with Gasteiger partial charge in [-0.1, -0.05) is 31.0 Å². The van der Waals surface area contributed by atoms with Crippen molar-refractivity contribution in [3.8, 4) is 0 Å². The maximum absolute atomic E-state index is 13.7. The number of benzene rings is 1. The highest BCUT2D eigenvalue weighted by atomic mass is 19.1. The Morgan fingerprint density at radius 3 is 2.64 bits per heavy atom. The summed E-state index contributed by atoms with van der Waals surface area (Å²) >= 11 is 0. The molecule has 1 saturated heterocycles. The molecule has 4 nitrogen and oxygen atoms in total. The molecule has 2 N–H and O–H groups in total. The molecule has 0 amide bonds. The van der Waals surface area contributed by atoms with Crippen LogP contribution in [-0.4, -0.2) is 43.6 Å². The van der Waals surface area contributed by atoms with E-state index in [1.54, 1.807) is 12.1 Å². The number of guanidine groups is 1. The summed E-state index contributed by atoms with van der Waals surface area (Å²) in [5.74, 6) is 0.571. The number of piperidine rings is 1. The summed E-state index contributed by atoms with van der Waals surface area (Å²) in [6, 6.07) is 6.81. The van der Waals surface area contributed by atoms with E-state index in [1.807, 2.05) is 13.0 Å². The fraction of sp³-hybridized carbons (Fsp3) is 0.650. The molecule has 0 aliphatic carbocycles. The molecule has 1 aliphatic heterocycles. The lowest BCUT2D eigenvalue weighted by Crippen LogP contribution is -2.37. The number of likely N-dealkylation sites (tertiary alicyclic amines) is 1. The van der Waals surface area contributed by atoms with Gasteiger partial charge in [0, 0.05) is 18.7 Å². The molecule has 0 radical (unpaired) electrons. The van der Waals surface area contributed by atoms with Crippen molar-refractivity contribution in [2.24, 2.45) is 4.99 Å². The van der Waals surface area contributed by atoms with Gasteiger partial charge >= 0.3 is 0 Å². The van der Waals surface area contributed by atoms with Crippen LogP contribution < -0.4 is 10.6 Å². The Kier molecular flexibility index (Phi) is 9.34. The van der Waals surface area contributed by atoms with Gasteiger partial charge in [-0.15, -0.1) is 0 Å². The van der Waals surface area contributed by atoms with Crippen LogP contribution in [0, 0.1) is 5.82 Å². The Hall–Kier alpha value is -1.62. The number of nitrogens with zero attached hydrogens (tertiary/aromatic N) is 2. The van der Waals surface area contributed by atoms with Crippen LogP contribution in [0.4, 0.5) is 4.39 Å². The molecule has 2 rings (SSSR count). The van der Waals surface area contributed by atoms with E-state index >= 15 is 0 Å². The highest BCUT2D eigenvalue weighted by molar-refractivity contribution is 5.79. The molecule has 0 spiro atoms. The van der Waals surface area contributed by atoms with E-state index in [4.69, 9.17) is 0 Å². The second-order valence-electron chi connectivity index (χ2n) is 6.68. The number of aliphatic imine (C=N–C) groups is 1. The number of hydrogen-bond acceptors (Lipinski definition) is 2. The Morgan fingerprint density at radius 2 is 1.88 bits per heavy atom. The van der Waals surface area contributed by atoms with Crippen molar-refractivity contribution in [1.82, 2.24) is 15.5 Å². The lowest BCUT2D eigenvalue weighted by Gasteiger charge is -2.26. The van der Waals surface area contributed by atoms with Crippen molar-refractivity contribution in [3.63, 3.8) is 0 Å². The molecule has 1 heterocycles. The molecular weight excluding hydrogens is 315 g/mol. The van der Waals surface area contributed by atoms with E-state index in [2.05, 4.69) is 20.5 Å². The largest absolute Gasteiger partial charge is 0.357 e. The zero-order chi connectivity index (χ0) is 17.7. The summed E-state index contributed by atoms with van der Waals surface area (Å²) in [5.41, 5.74) is 0.626. The van der Waals surface area contributed by atoms with Gasteiger partial charge in [0.15, 0.2) is 5.96 Å². The Bertz CT molecular complexity index is 512. The fourth-order valence-electron chi connectivity index (χ4n) is 3.16. The van der Waals surface area contributed by atoms with Crippen LogP contribution in [0.15, 0.2) is 29.3 Å². The van der Waals surface area contributed by atoms with Crippen molar-refractivity contribution >= 4 is 5.96 Å². The molecule has 0 saturated carbocycles. The van der Waals surface area contributed by atoms with E-state index in [0.717, 1.165) is 25.5 Å². The van der Waals surface area contributed by atoms with E-state index in [-0.39, 0.29) is 5.82 Å². The summed E-state index contributed by atoms with van der Waals surface area (Å²) in [4.78, 5) is 7.08. The third-order valence-corrected chi connectivity index (χ3v) is 4.60. The Morgan fingerprint density at radius 1 is 1.08 bits per heavy atom. The van der Waals surface area contributed by atoms with Gasteiger partial charge in [-0.25, -0.2) is 9.38 Å². The van der Waals surface area contributed by atoms with Gasteiger partial charge in [0.25, 0.3) is 0 Å². The number of hydrogen-bond donors (Lipinski definition) is 2. The third kappa shape index (κ3) is 7.86. The van der Waals surface area contributed by atoms with Gasteiger partial charge in [-0.3, -0.25) is 0 Å². The number of unbranched alkanes of at least 4 members (excludes halogenated alkanes) is 2. The van der Waals surface area contributed by atoms with Crippen molar-refractivity contribution in [1.29, 1.82) is 0 Å². The molecule has 140 valence electrons. The van der Waals surface area contributed by atoms with Gasteiger partial charge in [0.05, 0.1) is 6.54 Å². The average molecular weight is 349 g/mol. The monoisotopic (exact) mass is 348 g/mol. The minimum absolute atomic E-state index is 0.195. The quantitative estimate of drug-likeness (QED) is 0.407. The third-order valence-electron chi connectivity index (χ3n) is 4.60. The van der Waals surface area contributed by atoms with Crippen LogP contribution in [0.3, 0.4) is 0 Å². The summed E-state index contributed by atoms with van der Waals surface area (Å²) < 4.78 is 13.7. The molecule has 1 aromatic rings. The summed E-state index contributed by atoms with van der Waals surface area (Å²) in [6.07, 6.45) is 7.77. The second kappa shape index (κ2) is 11.9. The van der Waals surface area contributed by atoms with Gasteiger partial charge in [0.1, 0.15) is 5.82 Å². The molecular formula is C20H33FN4. The standard InChI is InChI=1S/C20H33FN4/c1-2-22-20(24-17-18-11-5-6-12-19(18)21)23-13-7-3-8-14-25-15-9-4-10-16-25/h5-6,11-12H,2-4,7-10,13-17H2,1H3,(H2,22,23,24). The normalized spacial score (nSPS) is 16.0. The first-order valence-electron chi connectivity index (χ1n) is 9.77. The number of halogens is 1. The highest BCUT2D eigenvalue weighted by Crippen LogP contribution is 2.10. The molecule has 0 atom stereocenters. The van der Waals surface area contributed by atoms with Crippen LogP contribution in [0.1, 0.15) is 51.0 Å². The van der Waals surface area contributed by atoms with E-state index in [9.17, 15) is 4.39 Å². The maximum atomic E-state index is 13.7. The first-order valence-corrected chi connectivity index (χ1v) is 9.77. The van der Waals surface area contributed by atoms with Crippen LogP contribution in [0.2, 0.25) is 0 Å². The van der Waals surface area contributed by atoms with E-state index < -0.39 is 0 Å². The lowest BCUT2D eigenvalue weighted by molar-refractivity contribution is 0.224. The molecule has 1 aliphatic rings. The van der Waals surface area contributed by atoms with Gasteiger partial charge in [0.2, 0.25) is 0 Å². The van der Waals surface area contributed by atoms with E-state index in [1.165, 1.54) is 57.8 Å². The van der Waals surface area contributed by atoms with Crippen molar-refractivity contribution < 1.29 is 4.39 Å². The Labute approximate surface area is 151 Å². The summed E-state index contributed by atoms with van der Waals surface area (Å²) in [7, 11) is 0. The predicted molar refractivity (Wildman–Crippen MR) is 103 cm³/mol. The summed E-state index contributed by atoms with van der Waals surface area (Å²) in [6.45, 7) is 7.91.